The molecule has 1 amide bonds. The number of fused-ring (bicyclic) bond motifs is 2. The first-order valence-electron chi connectivity index (χ1n) is 10.7. The Balaban J connectivity index is 0.000000312. The van der Waals surface area contributed by atoms with E-state index in [1.165, 1.54) is 27.6 Å². The number of hydrogen-bond acceptors (Lipinski definition) is 4. The van der Waals surface area contributed by atoms with Gasteiger partial charge in [-0.1, -0.05) is 31.6 Å². The number of hydrogen-bond donors (Lipinski definition) is 4. The summed E-state index contributed by atoms with van der Waals surface area (Å²) in [6.45, 7) is 3.71. The number of aromatic amines is 1. The highest BCUT2D eigenvalue weighted by Crippen LogP contribution is 2.40. The molecule has 1 aromatic carbocycles. The van der Waals surface area contributed by atoms with Gasteiger partial charge in [-0.15, -0.1) is 0 Å². The number of amides is 1. The molecule has 0 fully saturated rings. The van der Waals surface area contributed by atoms with Crippen LogP contribution in [0, 0.1) is 5.92 Å². The lowest BCUT2D eigenvalue weighted by Gasteiger charge is -2.39. The molecule has 0 spiro atoms. The topological polar surface area (TPSA) is 123 Å². The first-order chi connectivity index (χ1) is 15.3. The van der Waals surface area contributed by atoms with E-state index in [-0.39, 0.29) is 11.8 Å². The summed E-state index contributed by atoms with van der Waals surface area (Å²) in [7, 11) is 2.14. The summed E-state index contributed by atoms with van der Waals surface area (Å²) in [6.07, 6.45) is 8.64. The molecule has 2 aliphatic rings. The van der Waals surface area contributed by atoms with Crippen LogP contribution < -0.4 is 5.32 Å². The van der Waals surface area contributed by atoms with Gasteiger partial charge in [0.1, 0.15) is 0 Å². The van der Waals surface area contributed by atoms with Crippen molar-refractivity contribution in [1.82, 2.24) is 15.2 Å². The average molecular weight is 440 g/mol. The van der Waals surface area contributed by atoms with Crippen LogP contribution in [0.4, 0.5) is 0 Å². The van der Waals surface area contributed by atoms with Gasteiger partial charge >= 0.3 is 11.9 Å². The lowest BCUT2D eigenvalue weighted by molar-refractivity contribution is -0.134. The van der Waals surface area contributed by atoms with Crippen molar-refractivity contribution in [3.8, 4) is 0 Å². The number of aliphatic carboxylic acids is 2. The molecule has 1 aliphatic heterocycles. The van der Waals surface area contributed by atoms with E-state index in [9.17, 15) is 14.4 Å². The van der Waals surface area contributed by atoms with Crippen molar-refractivity contribution >= 4 is 34.3 Å². The van der Waals surface area contributed by atoms with Crippen molar-refractivity contribution < 1.29 is 24.6 Å². The van der Waals surface area contributed by atoms with E-state index in [1.54, 1.807) is 0 Å². The highest BCUT2D eigenvalue weighted by atomic mass is 16.4. The van der Waals surface area contributed by atoms with Crippen LogP contribution in [-0.2, 0) is 20.8 Å². The smallest absolute Gasteiger partial charge is 0.328 e. The number of nitrogens with one attached hydrogen (secondary N) is 2. The third-order valence-corrected chi connectivity index (χ3v) is 5.80. The minimum atomic E-state index is -1.26. The molecule has 0 radical (unpaired) electrons. The summed E-state index contributed by atoms with van der Waals surface area (Å²) in [6, 6.07) is 6.80. The van der Waals surface area contributed by atoms with Crippen molar-refractivity contribution in [2.24, 2.45) is 5.92 Å². The molecule has 170 valence electrons. The number of carboxylic acid groups (broad SMARTS) is 2. The molecule has 2 heterocycles. The number of carboxylic acids is 2. The zero-order valence-corrected chi connectivity index (χ0v) is 18.3. The number of carbonyl (C=O) groups is 3. The summed E-state index contributed by atoms with van der Waals surface area (Å²) < 4.78 is 0. The van der Waals surface area contributed by atoms with Crippen LogP contribution in [-0.4, -0.2) is 64.1 Å². The summed E-state index contributed by atoms with van der Waals surface area (Å²) in [5.74, 6) is -2.41. The number of benzene rings is 1. The summed E-state index contributed by atoms with van der Waals surface area (Å²) in [5, 5.41) is 20.1. The maximum Gasteiger partial charge on any atom is 0.328 e. The normalized spacial score (nSPS) is 19.6. The molecule has 2 atom stereocenters. The second-order valence-electron chi connectivity index (χ2n) is 8.08. The Morgan fingerprint density at radius 1 is 1.22 bits per heavy atom. The largest absolute Gasteiger partial charge is 0.478 e. The first-order valence-corrected chi connectivity index (χ1v) is 10.7. The Morgan fingerprint density at radius 2 is 1.94 bits per heavy atom. The molecule has 1 aromatic heterocycles. The van der Waals surface area contributed by atoms with Gasteiger partial charge in [-0.05, 0) is 42.7 Å². The van der Waals surface area contributed by atoms with E-state index >= 15 is 0 Å². The van der Waals surface area contributed by atoms with Crippen LogP contribution in [0.5, 0.6) is 0 Å². The molecular weight excluding hydrogens is 410 g/mol. The summed E-state index contributed by atoms with van der Waals surface area (Å²) in [5.41, 5.74) is 5.19. The Bertz CT molecular complexity index is 1050. The van der Waals surface area contributed by atoms with Crippen molar-refractivity contribution in [2.75, 3.05) is 20.1 Å². The fourth-order valence-corrected chi connectivity index (χ4v) is 4.28. The fraction of sp³-hybridized carbons (Fsp3) is 0.375. The Morgan fingerprint density at radius 3 is 2.59 bits per heavy atom. The lowest BCUT2D eigenvalue weighted by atomic mass is 9.80. The number of carbonyl (C=O) groups excluding carboxylic acids is 1. The van der Waals surface area contributed by atoms with Crippen LogP contribution in [0.1, 0.15) is 30.9 Å². The van der Waals surface area contributed by atoms with Gasteiger partial charge in [-0.2, -0.15) is 0 Å². The van der Waals surface area contributed by atoms with Crippen molar-refractivity contribution in [3.63, 3.8) is 0 Å². The molecule has 0 bridgehead atoms. The molecule has 32 heavy (non-hydrogen) atoms. The first kappa shape index (κ1) is 23.3. The molecule has 1 aliphatic carbocycles. The maximum atomic E-state index is 12.5. The highest BCUT2D eigenvalue weighted by Gasteiger charge is 2.35. The second kappa shape index (κ2) is 10.3. The number of likely N-dealkylation sites (N-methyl/N-ethyl adjacent to an activating group) is 1. The van der Waals surface area contributed by atoms with Gasteiger partial charge in [0.05, 0.1) is 5.92 Å². The number of unbranched alkanes of at least 4 members (excludes halogenated alkanes) is 1. The number of aromatic nitrogens is 1. The van der Waals surface area contributed by atoms with Gasteiger partial charge in [-0.3, -0.25) is 9.69 Å². The van der Waals surface area contributed by atoms with Gasteiger partial charge in [0.15, 0.2) is 0 Å². The van der Waals surface area contributed by atoms with Crippen LogP contribution in [0.2, 0.25) is 0 Å². The van der Waals surface area contributed by atoms with Crippen molar-refractivity contribution in [1.29, 1.82) is 0 Å². The Kier molecular flexibility index (Phi) is 7.48. The van der Waals surface area contributed by atoms with Gasteiger partial charge < -0.3 is 20.5 Å². The van der Waals surface area contributed by atoms with Crippen molar-refractivity contribution in [3.05, 3.63) is 53.8 Å². The van der Waals surface area contributed by atoms with E-state index in [2.05, 4.69) is 59.6 Å². The molecule has 4 rings (SSSR count). The zero-order chi connectivity index (χ0) is 23.3. The molecule has 8 nitrogen and oxygen atoms in total. The third-order valence-electron chi connectivity index (χ3n) is 5.80. The van der Waals surface area contributed by atoms with Gasteiger partial charge in [0.25, 0.3) is 0 Å². The minimum absolute atomic E-state index is 0.0612. The zero-order valence-electron chi connectivity index (χ0n) is 18.3. The molecule has 2 aromatic rings. The second-order valence-corrected chi connectivity index (χ2v) is 8.08. The molecular formula is C24H29N3O5. The summed E-state index contributed by atoms with van der Waals surface area (Å²) >= 11 is 0. The number of H-pyrrole nitrogens is 1. The van der Waals surface area contributed by atoms with Gasteiger partial charge in [-0.25, -0.2) is 9.59 Å². The van der Waals surface area contributed by atoms with Crippen LogP contribution in [0.25, 0.3) is 16.5 Å². The quantitative estimate of drug-likeness (QED) is 0.405. The van der Waals surface area contributed by atoms with Gasteiger partial charge in [0.2, 0.25) is 5.91 Å². The standard InChI is InChI=1S/C20H25N3O.C4H4O4/c1-3-4-8-21-20(24)14-9-16-15-6-5-7-17-19(15)13(11-22-17)10-18(16)23(2)12-14;5-3(6)1-2-4(7)8/h5-7,9,11,14,18,22H,3-4,8,10,12H2,1-2H3,(H,21,24);1-2H,(H,5,6)(H,7,8)/b;2-1-/t14-,18-;/m1./s1. The maximum absolute atomic E-state index is 12.5. The molecule has 0 saturated carbocycles. The number of rotatable bonds is 6. The van der Waals surface area contributed by atoms with E-state index in [4.69, 9.17) is 10.2 Å². The number of nitrogens with zero attached hydrogens (tertiary/aromatic N) is 1. The van der Waals surface area contributed by atoms with E-state index in [0.29, 0.717) is 18.2 Å². The third kappa shape index (κ3) is 5.26. The highest BCUT2D eigenvalue weighted by molar-refractivity contribution is 5.99. The fourth-order valence-electron chi connectivity index (χ4n) is 4.28. The van der Waals surface area contributed by atoms with Crippen LogP contribution in [0.3, 0.4) is 0 Å². The average Bonchev–Trinajstić information content (AvgIpc) is 3.18. The van der Waals surface area contributed by atoms with Crippen molar-refractivity contribution in [2.45, 2.75) is 32.2 Å². The molecule has 0 unspecified atom stereocenters. The summed E-state index contributed by atoms with van der Waals surface area (Å²) in [4.78, 5) is 37.4. The van der Waals surface area contributed by atoms with Crippen LogP contribution >= 0.6 is 0 Å². The molecule has 4 N–H and O–H groups in total. The van der Waals surface area contributed by atoms with E-state index in [1.807, 2.05) is 0 Å². The van der Waals surface area contributed by atoms with E-state index in [0.717, 1.165) is 32.4 Å². The minimum Gasteiger partial charge on any atom is -0.478 e. The molecule has 8 heteroatoms. The predicted molar refractivity (Wildman–Crippen MR) is 122 cm³/mol. The Hall–Kier alpha value is -3.39. The molecule has 0 saturated heterocycles. The van der Waals surface area contributed by atoms with Gasteiger partial charge in [0, 0.05) is 48.4 Å². The monoisotopic (exact) mass is 439 g/mol. The van der Waals surface area contributed by atoms with Crippen LogP contribution in [0.15, 0.2) is 42.6 Å². The SMILES string of the molecule is CCCCNC(=O)[C@@H]1C=C2c3cccc4[nH]cc(c34)C[C@H]2N(C)C1.O=C(O)/C=C\C(=O)O. The predicted octanol–water partition coefficient (Wildman–Crippen LogP) is 2.67. The Labute approximate surface area is 186 Å². The van der Waals surface area contributed by atoms with E-state index < -0.39 is 11.9 Å². The lowest BCUT2D eigenvalue weighted by Crippen LogP contribution is -2.46.